The van der Waals surface area contributed by atoms with Crippen LogP contribution in [0.1, 0.15) is 38.1 Å². The summed E-state index contributed by atoms with van der Waals surface area (Å²) < 4.78 is 2.05. The van der Waals surface area contributed by atoms with Crippen molar-refractivity contribution in [3.05, 3.63) is 66.1 Å². The molecule has 4 rings (SSSR count). The summed E-state index contributed by atoms with van der Waals surface area (Å²) in [6, 6.07) is 17.7. The molecule has 3 aromatic rings. The molecule has 1 fully saturated rings. The average Bonchev–Trinajstić information content (AvgIpc) is 3.35. The maximum absolute atomic E-state index is 4.81. The van der Waals surface area contributed by atoms with Gasteiger partial charge in [0.05, 0.1) is 0 Å². The molecule has 0 spiro atoms. The number of hydrogen-bond acceptors (Lipinski definition) is 4. The summed E-state index contributed by atoms with van der Waals surface area (Å²) in [6.07, 6.45) is 4.94. The van der Waals surface area contributed by atoms with Gasteiger partial charge in [0.1, 0.15) is 5.82 Å². The first-order valence-corrected chi connectivity index (χ1v) is 11.3. The van der Waals surface area contributed by atoms with Crippen molar-refractivity contribution in [2.75, 3.05) is 19.6 Å². The van der Waals surface area contributed by atoms with E-state index < -0.39 is 0 Å². The number of fused-ring (bicyclic) bond motifs is 1. The molecule has 7 nitrogen and oxygen atoms in total. The lowest BCUT2D eigenvalue weighted by Gasteiger charge is -2.21. The number of likely N-dealkylation sites (tertiary alicyclic amines) is 1. The molecule has 2 aromatic heterocycles. The van der Waals surface area contributed by atoms with E-state index in [0.717, 1.165) is 62.9 Å². The van der Waals surface area contributed by atoms with Gasteiger partial charge in [-0.2, -0.15) is 0 Å². The molecule has 7 heteroatoms. The Hall–Kier alpha value is -2.93. The maximum Gasteiger partial charge on any atom is 0.191 e. The number of benzene rings is 1. The van der Waals surface area contributed by atoms with Gasteiger partial charge in [-0.1, -0.05) is 36.4 Å². The van der Waals surface area contributed by atoms with Crippen molar-refractivity contribution in [3.8, 4) is 0 Å². The third kappa shape index (κ3) is 5.61. The van der Waals surface area contributed by atoms with E-state index in [9.17, 15) is 0 Å². The summed E-state index contributed by atoms with van der Waals surface area (Å²) in [7, 11) is 0. The second-order valence-corrected chi connectivity index (χ2v) is 8.25. The lowest BCUT2D eigenvalue weighted by atomic mass is 10.2. The minimum atomic E-state index is 0.414. The number of guanidine groups is 1. The number of hydrogen-bond donors (Lipinski definition) is 2. The number of rotatable bonds is 8. The molecule has 3 heterocycles. The number of aliphatic imine (C=N–C) groups is 1. The van der Waals surface area contributed by atoms with E-state index in [1.165, 1.54) is 5.56 Å². The normalized spacial score (nSPS) is 19.7. The molecule has 1 aliphatic rings. The third-order valence-electron chi connectivity index (χ3n) is 5.83. The zero-order valence-electron chi connectivity index (χ0n) is 18.5. The van der Waals surface area contributed by atoms with E-state index in [2.05, 4.69) is 74.3 Å². The van der Waals surface area contributed by atoms with Gasteiger partial charge >= 0.3 is 0 Å². The van der Waals surface area contributed by atoms with Gasteiger partial charge < -0.3 is 10.6 Å². The Balaban J connectivity index is 1.28. The fraction of sp³-hybridized carbons (Fsp3) is 0.458. The van der Waals surface area contributed by atoms with E-state index in [1.807, 2.05) is 24.4 Å². The van der Waals surface area contributed by atoms with Crippen molar-refractivity contribution in [2.24, 2.45) is 4.99 Å². The van der Waals surface area contributed by atoms with Crippen LogP contribution in [0.2, 0.25) is 0 Å². The smallest absolute Gasteiger partial charge is 0.191 e. The van der Waals surface area contributed by atoms with Gasteiger partial charge in [0, 0.05) is 50.9 Å². The fourth-order valence-corrected chi connectivity index (χ4v) is 4.24. The SMILES string of the molecule is CCNC(=NCCCc1nnc2ccccn12)NC1CC(C)N(Cc2ccccc2)C1. The molecule has 1 aromatic carbocycles. The Morgan fingerprint density at radius 3 is 2.81 bits per heavy atom. The topological polar surface area (TPSA) is 69.8 Å². The zero-order valence-corrected chi connectivity index (χ0v) is 18.5. The third-order valence-corrected chi connectivity index (χ3v) is 5.83. The number of aromatic nitrogens is 3. The highest BCUT2D eigenvalue weighted by Gasteiger charge is 2.29. The van der Waals surface area contributed by atoms with Crippen LogP contribution in [0.5, 0.6) is 0 Å². The maximum atomic E-state index is 4.81. The first-order chi connectivity index (χ1) is 15.2. The molecule has 2 unspecified atom stereocenters. The van der Waals surface area contributed by atoms with E-state index in [-0.39, 0.29) is 0 Å². The van der Waals surface area contributed by atoms with Crippen LogP contribution in [0.25, 0.3) is 5.65 Å². The average molecular weight is 420 g/mol. The summed E-state index contributed by atoms with van der Waals surface area (Å²) >= 11 is 0. The number of nitrogens with one attached hydrogen (secondary N) is 2. The van der Waals surface area contributed by atoms with Gasteiger partial charge in [0.2, 0.25) is 0 Å². The fourth-order valence-electron chi connectivity index (χ4n) is 4.24. The van der Waals surface area contributed by atoms with Crippen molar-refractivity contribution in [1.29, 1.82) is 0 Å². The number of nitrogens with zero attached hydrogens (tertiary/aromatic N) is 5. The first-order valence-electron chi connectivity index (χ1n) is 11.3. The molecular weight excluding hydrogens is 386 g/mol. The van der Waals surface area contributed by atoms with Crippen LogP contribution in [-0.4, -0.2) is 57.2 Å². The second-order valence-electron chi connectivity index (χ2n) is 8.25. The van der Waals surface area contributed by atoms with Gasteiger partial charge in [-0.3, -0.25) is 14.3 Å². The van der Waals surface area contributed by atoms with Gasteiger partial charge in [-0.15, -0.1) is 10.2 Å². The van der Waals surface area contributed by atoms with Crippen LogP contribution in [0.3, 0.4) is 0 Å². The molecule has 0 saturated carbocycles. The van der Waals surface area contributed by atoms with Gasteiger partial charge in [-0.25, -0.2) is 0 Å². The lowest BCUT2D eigenvalue weighted by molar-refractivity contribution is 0.258. The molecule has 2 N–H and O–H groups in total. The summed E-state index contributed by atoms with van der Waals surface area (Å²) in [5.41, 5.74) is 2.27. The van der Waals surface area contributed by atoms with E-state index >= 15 is 0 Å². The van der Waals surface area contributed by atoms with Crippen LogP contribution >= 0.6 is 0 Å². The molecule has 2 atom stereocenters. The number of pyridine rings is 1. The molecular formula is C24H33N7. The van der Waals surface area contributed by atoms with Crippen molar-refractivity contribution < 1.29 is 0 Å². The second kappa shape index (κ2) is 10.4. The molecule has 31 heavy (non-hydrogen) atoms. The Morgan fingerprint density at radius 1 is 1.13 bits per heavy atom. The van der Waals surface area contributed by atoms with Crippen molar-refractivity contribution >= 4 is 11.6 Å². The highest BCUT2D eigenvalue weighted by Crippen LogP contribution is 2.20. The molecule has 0 bridgehead atoms. The van der Waals surface area contributed by atoms with Crippen LogP contribution in [0, 0.1) is 0 Å². The molecule has 1 aliphatic heterocycles. The van der Waals surface area contributed by atoms with E-state index in [4.69, 9.17) is 4.99 Å². The summed E-state index contributed by atoms with van der Waals surface area (Å²) in [6.45, 7) is 8.08. The van der Waals surface area contributed by atoms with Gasteiger partial charge in [0.15, 0.2) is 11.6 Å². The molecule has 0 radical (unpaired) electrons. The highest BCUT2D eigenvalue weighted by atomic mass is 15.3. The Labute approximate surface area is 184 Å². The minimum absolute atomic E-state index is 0.414. The molecule has 0 aliphatic carbocycles. The van der Waals surface area contributed by atoms with Crippen molar-refractivity contribution in [2.45, 2.75) is 51.7 Å². The predicted molar refractivity (Wildman–Crippen MR) is 125 cm³/mol. The first kappa shape index (κ1) is 21.3. The molecule has 0 amide bonds. The van der Waals surface area contributed by atoms with Crippen molar-refractivity contribution in [1.82, 2.24) is 30.1 Å². The highest BCUT2D eigenvalue weighted by molar-refractivity contribution is 5.80. The standard InChI is InChI=1S/C24H33N7/c1-3-25-24(26-14-9-13-23-29-28-22-12-7-8-15-31(22)23)27-21-16-19(2)30(18-21)17-20-10-5-4-6-11-20/h4-8,10-12,15,19,21H,3,9,13-14,16-18H2,1-2H3,(H2,25,26,27). The van der Waals surface area contributed by atoms with E-state index in [0.29, 0.717) is 12.1 Å². The molecule has 164 valence electrons. The largest absolute Gasteiger partial charge is 0.357 e. The number of aryl methyl sites for hydroxylation is 1. The lowest BCUT2D eigenvalue weighted by Crippen LogP contribution is -2.44. The zero-order chi connectivity index (χ0) is 21.5. The van der Waals surface area contributed by atoms with Crippen molar-refractivity contribution in [3.63, 3.8) is 0 Å². The summed E-state index contributed by atoms with van der Waals surface area (Å²) in [4.78, 5) is 7.36. The summed E-state index contributed by atoms with van der Waals surface area (Å²) in [5.74, 6) is 1.90. The van der Waals surface area contributed by atoms with Gasteiger partial charge in [-0.05, 0) is 44.4 Å². The summed E-state index contributed by atoms with van der Waals surface area (Å²) in [5, 5.41) is 15.6. The molecule has 1 saturated heterocycles. The van der Waals surface area contributed by atoms with Crippen LogP contribution in [0.4, 0.5) is 0 Å². The minimum Gasteiger partial charge on any atom is -0.357 e. The Morgan fingerprint density at radius 2 is 1.97 bits per heavy atom. The van der Waals surface area contributed by atoms with E-state index in [1.54, 1.807) is 0 Å². The Bertz CT molecular complexity index is 982. The van der Waals surface area contributed by atoms with Crippen LogP contribution < -0.4 is 10.6 Å². The quantitative estimate of drug-likeness (QED) is 0.334. The van der Waals surface area contributed by atoms with Gasteiger partial charge in [0.25, 0.3) is 0 Å². The van der Waals surface area contributed by atoms with Crippen LogP contribution in [0.15, 0.2) is 59.7 Å². The Kier molecular flexibility index (Phi) is 7.14. The monoisotopic (exact) mass is 419 g/mol. The van der Waals surface area contributed by atoms with Crippen LogP contribution in [-0.2, 0) is 13.0 Å². The predicted octanol–water partition coefficient (Wildman–Crippen LogP) is 2.88.